The summed E-state index contributed by atoms with van der Waals surface area (Å²) < 4.78 is 14.7. The van der Waals surface area contributed by atoms with Gasteiger partial charge in [0.1, 0.15) is 0 Å². The second kappa shape index (κ2) is 14.3. The van der Waals surface area contributed by atoms with Crippen molar-refractivity contribution in [1.82, 2.24) is 18.5 Å². The minimum atomic E-state index is 0.107. The molecule has 0 spiro atoms. The van der Waals surface area contributed by atoms with Gasteiger partial charge in [0.05, 0.1) is 0 Å². The standard InChI is InChI=1S/C52H44N4O.Pt/c1-34-26-35(2)53-51(27-34)56-48-25-20-40(37-10-7-6-8-11-37)29-46(48)45-24-23-44(31-49(45)56)57-43-13-9-12-42(30-43)54-32-50-39-18-17-38-16-14-36(28-47(38)52(3,4)5)15-21-41(22-19-39)55(50)33-54;/h6-14,16,19-20,22-29,32H,15,17-18,21H2,1-5H3;/q-2;. The monoisotopic (exact) mass is 935 g/mol. The summed E-state index contributed by atoms with van der Waals surface area (Å²) >= 11 is 2.48. The average molecular weight is 936 g/mol. The van der Waals surface area contributed by atoms with Gasteiger partial charge in [0, 0.05) is 5.69 Å². The zero-order valence-electron chi connectivity index (χ0n) is 33.5. The Morgan fingerprint density at radius 3 is 2.31 bits per heavy atom. The number of hydrogen-bond acceptors (Lipinski definition) is 2. The Morgan fingerprint density at radius 1 is 0.672 bits per heavy atom. The summed E-state index contributed by atoms with van der Waals surface area (Å²) in [5, 5.41) is 2.24. The number of rotatable bonds is 5. The number of fused-ring (bicyclic) bond motifs is 3. The van der Waals surface area contributed by atoms with Crippen molar-refractivity contribution >= 4 is 27.3 Å². The Kier molecular flexibility index (Phi) is 8.98. The van der Waals surface area contributed by atoms with Gasteiger partial charge in [-0.25, -0.2) is 0 Å². The van der Waals surface area contributed by atoms with E-state index in [0.29, 0.717) is 11.5 Å². The van der Waals surface area contributed by atoms with Crippen LogP contribution in [0.15, 0.2) is 128 Å². The van der Waals surface area contributed by atoms with E-state index in [2.05, 4.69) is 182 Å². The Labute approximate surface area is 350 Å². The van der Waals surface area contributed by atoms with E-state index in [1.807, 2.05) is 25.1 Å². The first-order valence-electron chi connectivity index (χ1n) is 20.1. The number of pyridine rings is 2. The van der Waals surface area contributed by atoms with Gasteiger partial charge < -0.3 is 0 Å². The number of hydrogen-bond donors (Lipinski definition) is 0. The summed E-state index contributed by atoms with van der Waals surface area (Å²) in [4.78, 5) is 5.00. The van der Waals surface area contributed by atoms with Gasteiger partial charge in [0.2, 0.25) is 0 Å². The fourth-order valence-electron chi connectivity index (χ4n) is 8.80. The van der Waals surface area contributed by atoms with Crippen LogP contribution >= 0.6 is 0 Å². The van der Waals surface area contributed by atoms with Crippen LogP contribution in [-0.2, 0) is 50.5 Å². The maximum absolute atomic E-state index is 6.63. The van der Waals surface area contributed by atoms with E-state index < -0.39 is 0 Å². The fraction of sp³-hybridized carbons (Fsp3) is 0.192. The molecule has 0 saturated heterocycles. The van der Waals surface area contributed by atoms with Gasteiger partial charge in [-0.15, -0.1) is 0 Å². The normalized spacial score (nSPS) is 13.1. The summed E-state index contributed by atoms with van der Waals surface area (Å²) in [5.74, 6) is 2.12. The van der Waals surface area contributed by atoms with Crippen LogP contribution in [0.4, 0.5) is 0 Å². The number of imidazole rings is 1. The van der Waals surface area contributed by atoms with Crippen LogP contribution in [0.2, 0.25) is 0 Å². The number of benzene rings is 5. The minimum absolute atomic E-state index is 0.107. The molecule has 4 aromatic heterocycles. The number of ether oxygens (including phenoxy) is 1. The molecular weight excluding hydrogens is 892 g/mol. The molecule has 4 aliphatic rings. The molecule has 2 aliphatic carbocycles. The fourth-order valence-corrected chi connectivity index (χ4v) is 9.82. The van der Waals surface area contributed by atoms with Gasteiger partial charge in [0.15, 0.2) is 0 Å². The molecule has 290 valence electrons. The molecule has 5 nitrogen and oxygen atoms in total. The van der Waals surface area contributed by atoms with E-state index in [4.69, 9.17) is 9.72 Å². The van der Waals surface area contributed by atoms with Crippen LogP contribution in [0.3, 0.4) is 0 Å². The van der Waals surface area contributed by atoms with Crippen LogP contribution in [0, 0.1) is 29.8 Å². The predicted octanol–water partition coefficient (Wildman–Crippen LogP) is 12.2. The molecule has 58 heavy (non-hydrogen) atoms. The van der Waals surface area contributed by atoms with Crippen molar-refractivity contribution in [3.8, 4) is 34.1 Å². The van der Waals surface area contributed by atoms with Crippen LogP contribution in [0.25, 0.3) is 50.0 Å². The molecule has 6 heteroatoms. The zero-order chi connectivity index (χ0) is 39.7. The molecule has 0 N–H and O–H groups in total. The van der Waals surface area contributed by atoms with Gasteiger partial charge in [0.25, 0.3) is 0 Å². The van der Waals surface area contributed by atoms with E-state index in [0.717, 1.165) is 74.1 Å². The average Bonchev–Trinajstić information content (AvgIpc) is 3.73. The van der Waals surface area contributed by atoms with Crippen molar-refractivity contribution in [3.05, 3.63) is 183 Å². The summed E-state index contributed by atoms with van der Waals surface area (Å²) in [5.41, 5.74) is 15.8. The van der Waals surface area contributed by atoms with Crippen molar-refractivity contribution in [2.75, 3.05) is 0 Å². The Hall–Kier alpha value is -5.77. The topological polar surface area (TPSA) is 36.4 Å². The molecule has 5 aromatic carbocycles. The molecule has 0 atom stereocenters. The third-order valence-electron chi connectivity index (χ3n) is 11.6. The molecule has 0 saturated carbocycles. The SMILES string of the molecule is Cc1cc(C)nc(-n2c3[c-]c(Oc4[c-]c(-n5cc6c7ccc(n6[c]5=[Pt])CCc5ccc(c(C(C)(C)C)c5)CC7)ccc4)ccc3c3cc(-c4ccccc4)ccc32)c1. The van der Waals surface area contributed by atoms with Crippen molar-refractivity contribution in [1.29, 1.82) is 0 Å². The molecule has 0 unspecified atom stereocenters. The van der Waals surface area contributed by atoms with Crippen LogP contribution < -0.4 is 4.74 Å². The molecule has 13 rings (SSSR count). The summed E-state index contributed by atoms with van der Waals surface area (Å²) in [7, 11) is 0. The molecule has 0 amide bonds. The number of nitrogens with zero attached hydrogens (tertiary/aromatic N) is 4. The van der Waals surface area contributed by atoms with Gasteiger partial charge in [-0.05, 0) is 36.6 Å². The molecule has 4 bridgehead atoms. The van der Waals surface area contributed by atoms with Gasteiger partial charge in [-0.2, -0.15) is 0 Å². The van der Waals surface area contributed by atoms with Crippen LogP contribution in [0.1, 0.15) is 60.0 Å². The quantitative estimate of drug-likeness (QED) is 0.161. The van der Waals surface area contributed by atoms with Crippen molar-refractivity contribution in [2.24, 2.45) is 0 Å². The predicted molar refractivity (Wildman–Crippen MR) is 231 cm³/mol. The Bertz CT molecular complexity index is 3100. The third kappa shape index (κ3) is 6.56. The Morgan fingerprint density at radius 2 is 1.48 bits per heavy atom. The molecule has 0 radical (unpaired) electrons. The molecular formula is C52H44N4OPt-2. The number of aromatic nitrogens is 4. The molecule has 0 fully saturated rings. The maximum atomic E-state index is 6.63. The van der Waals surface area contributed by atoms with Gasteiger partial charge in [-0.3, -0.25) is 0 Å². The summed E-state index contributed by atoms with van der Waals surface area (Å²) in [6.45, 7) is 11.2. The van der Waals surface area contributed by atoms with Gasteiger partial charge in [-0.1, -0.05) is 36.4 Å². The molecule has 6 heterocycles. The van der Waals surface area contributed by atoms with E-state index in [-0.39, 0.29) is 5.41 Å². The first-order valence-corrected chi connectivity index (χ1v) is 21.3. The van der Waals surface area contributed by atoms with Gasteiger partial charge >= 0.3 is 274 Å². The molecule has 2 aliphatic heterocycles. The van der Waals surface area contributed by atoms with E-state index >= 15 is 0 Å². The van der Waals surface area contributed by atoms with Crippen molar-refractivity contribution in [2.45, 2.75) is 65.7 Å². The summed E-state index contributed by atoms with van der Waals surface area (Å²) in [6.07, 6.45) is 6.21. The first kappa shape index (κ1) is 36.6. The van der Waals surface area contributed by atoms with Crippen molar-refractivity contribution < 1.29 is 24.1 Å². The second-order valence-electron chi connectivity index (χ2n) is 16.7. The zero-order valence-corrected chi connectivity index (χ0v) is 35.7. The van der Waals surface area contributed by atoms with E-state index in [9.17, 15) is 0 Å². The first-order chi connectivity index (χ1) is 28.1. The number of aryl methyl sites for hydroxylation is 6. The van der Waals surface area contributed by atoms with E-state index in [1.165, 1.54) is 44.6 Å². The Balaban J connectivity index is 1.03. The second-order valence-corrected chi connectivity index (χ2v) is 17.7. The summed E-state index contributed by atoms with van der Waals surface area (Å²) in [6, 6.07) is 50.9. The van der Waals surface area contributed by atoms with Crippen LogP contribution in [-0.4, -0.2) is 18.5 Å². The van der Waals surface area contributed by atoms with Crippen molar-refractivity contribution in [3.63, 3.8) is 0 Å². The molecule has 9 aromatic rings. The van der Waals surface area contributed by atoms with E-state index in [1.54, 1.807) is 0 Å². The third-order valence-corrected chi connectivity index (χ3v) is 12.6. The van der Waals surface area contributed by atoms with Crippen LogP contribution in [0.5, 0.6) is 11.5 Å².